The summed E-state index contributed by atoms with van der Waals surface area (Å²) in [5.41, 5.74) is 2.56. The number of hydrogen-bond donors (Lipinski definition) is 0. The Balaban J connectivity index is 0.000000774. The van der Waals surface area contributed by atoms with Gasteiger partial charge in [0.2, 0.25) is 0 Å². The third-order valence-corrected chi connectivity index (χ3v) is 3.51. The minimum absolute atomic E-state index is 0.0732. The SMILES string of the molecule is CC.CCOC1CN(C(=O)c2cn3ccnc3cc2C)C1. The Kier molecular flexibility index (Phi) is 4.96. The number of likely N-dealkylation sites (tertiary alicyclic amines) is 1. The van der Waals surface area contributed by atoms with Crippen LogP contribution in [0.5, 0.6) is 0 Å². The van der Waals surface area contributed by atoms with E-state index >= 15 is 0 Å². The van der Waals surface area contributed by atoms with Crippen molar-refractivity contribution in [2.24, 2.45) is 0 Å². The predicted octanol–water partition coefficient (Wildman–Crippen LogP) is 2.53. The average molecular weight is 289 g/mol. The van der Waals surface area contributed by atoms with E-state index in [0.717, 1.165) is 16.8 Å². The van der Waals surface area contributed by atoms with Crippen molar-refractivity contribution in [2.45, 2.75) is 33.8 Å². The van der Waals surface area contributed by atoms with Crippen molar-refractivity contribution in [1.82, 2.24) is 14.3 Å². The van der Waals surface area contributed by atoms with Gasteiger partial charge < -0.3 is 14.0 Å². The highest BCUT2D eigenvalue weighted by Gasteiger charge is 2.32. The van der Waals surface area contributed by atoms with Gasteiger partial charge in [0.1, 0.15) is 5.65 Å². The van der Waals surface area contributed by atoms with E-state index in [0.29, 0.717) is 19.7 Å². The molecule has 0 unspecified atom stereocenters. The van der Waals surface area contributed by atoms with Crippen LogP contribution in [0.15, 0.2) is 24.7 Å². The second-order valence-electron chi connectivity index (χ2n) is 4.85. The molecule has 0 bridgehead atoms. The lowest BCUT2D eigenvalue weighted by Crippen LogP contribution is -2.54. The first-order valence-electron chi connectivity index (χ1n) is 7.53. The molecule has 0 radical (unpaired) electrons. The number of rotatable bonds is 3. The summed E-state index contributed by atoms with van der Waals surface area (Å²) in [5, 5.41) is 0. The Morgan fingerprint density at radius 2 is 2.14 bits per heavy atom. The fourth-order valence-electron chi connectivity index (χ4n) is 2.40. The lowest BCUT2D eigenvalue weighted by atomic mass is 10.1. The summed E-state index contributed by atoms with van der Waals surface area (Å²) >= 11 is 0. The molecule has 0 atom stereocenters. The monoisotopic (exact) mass is 289 g/mol. The zero-order chi connectivity index (χ0) is 15.4. The van der Waals surface area contributed by atoms with Crippen molar-refractivity contribution >= 4 is 11.6 Å². The van der Waals surface area contributed by atoms with Crippen molar-refractivity contribution in [1.29, 1.82) is 0 Å². The van der Waals surface area contributed by atoms with Gasteiger partial charge in [0, 0.05) is 38.3 Å². The van der Waals surface area contributed by atoms with Gasteiger partial charge in [-0.25, -0.2) is 4.98 Å². The summed E-state index contributed by atoms with van der Waals surface area (Å²) in [6.45, 7) is 10.00. The molecule has 0 N–H and O–H groups in total. The Bertz CT molecular complexity index is 615. The number of ether oxygens (including phenoxy) is 1. The van der Waals surface area contributed by atoms with Crippen LogP contribution < -0.4 is 0 Å². The maximum atomic E-state index is 12.4. The lowest BCUT2D eigenvalue weighted by Gasteiger charge is -2.38. The fraction of sp³-hybridized carbons (Fsp3) is 0.500. The van der Waals surface area contributed by atoms with Crippen molar-refractivity contribution in [2.75, 3.05) is 19.7 Å². The van der Waals surface area contributed by atoms with Gasteiger partial charge in [0.25, 0.3) is 5.91 Å². The van der Waals surface area contributed by atoms with Gasteiger partial charge in [-0.2, -0.15) is 0 Å². The summed E-state index contributed by atoms with van der Waals surface area (Å²) in [5.74, 6) is 0.0732. The molecule has 1 saturated heterocycles. The highest BCUT2D eigenvalue weighted by molar-refractivity contribution is 5.96. The molecular formula is C16H23N3O2. The lowest BCUT2D eigenvalue weighted by molar-refractivity contribution is -0.0378. The number of fused-ring (bicyclic) bond motifs is 1. The number of carbonyl (C=O) groups excluding carboxylic acids is 1. The largest absolute Gasteiger partial charge is 0.375 e. The number of aromatic nitrogens is 2. The quantitative estimate of drug-likeness (QED) is 0.872. The highest BCUT2D eigenvalue weighted by Crippen LogP contribution is 2.19. The van der Waals surface area contributed by atoms with E-state index in [-0.39, 0.29) is 12.0 Å². The second-order valence-corrected chi connectivity index (χ2v) is 4.85. The molecule has 1 aliphatic heterocycles. The molecule has 1 fully saturated rings. The fourth-order valence-corrected chi connectivity index (χ4v) is 2.40. The molecule has 1 aliphatic rings. The van der Waals surface area contributed by atoms with Gasteiger partial charge in [-0.3, -0.25) is 4.79 Å². The molecule has 5 heteroatoms. The Morgan fingerprint density at radius 1 is 1.43 bits per heavy atom. The molecule has 0 spiro atoms. The summed E-state index contributed by atoms with van der Waals surface area (Å²) in [4.78, 5) is 18.4. The molecule has 2 aromatic heterocycles. The molecule has 0 aromatic carbocycles. The van der Waals surface area contributed by atoms with Crippen LogP contribution in [0.2, 0.25) is 0 Å². The molecule has 1 amide bonds. The van der Waals surface area contributed by atoms with Crippen LogP contribution in [0.25, 0.3) is 5.65 Å². The zero-order valence-corrected chi connectivity index (χ0v) is 13.2. The van der Waals surface area contributed by atoms with Crippen LogP contribution in [-0.2, 0) is 4.74 Å². The summed E-state index contributed by atoms with van der Waals surface area (Å²) in [6.07, 6.45) is 5.64. The molecule has 3 rings (SSSR count). The molecule has 114 valence electrons. The van der Waals surface area contributed by atoms with Crippen molar-refractivity contribution in [3.63, 3.8) is 0 Å². The number of imidazole rings is 1. The number of amides is 1. The third-order valence-electron chi connectivity index (χ3n) is 3.51. The Morgan fingerprint density at radius 3 is 2.81 bits per heavy atom. The third kappa shape index (κ3) is 3.08. The standard InChI is InChI=1S/C14H17N3O2.C2H6/c1-3-19-11-7-17(8-11)14(18)12-9-16-5-4-15-13(16)6-10(12)2;1-2/h4-6,9,11H,3,7-8H2,1-2H3;1-2H3. The highest BCUT2D eigenvalue weighted by atomic mass is 16.5. The minimum Gasteiger partial charge on any atom is -0.375 e. The average Bonchev–Trinajstić information content (AvgIpc) is 2.90. The molecule has 0 aliphatic carbocycles. The first-order chi connectivity index (χ1) is 10.2. The summed E-state index contributed by atoms with van der Waals surface area (Å²) in [6, 6.07) is 1.94. The Hall–Kier alpha value is -1.88. The van der Waals surface area contributed by atoms with E-state index in [1.807, 2.05) is 55.5 Å². The van der Waals surface area contributed by atoms with Crippen LogP contribution in [0.4, 0.5) is 0 Å². The number of hydrogen-bond acceptors (Lipinski definition) is 3. The second kappa shape index (κ2) is 6.72. The minimum atomic E-state index is 0.0732. The molecule has 2 aromatic rings. The normalized spacial score (nSPS) is 14.6. The van der Waals surface area contributed by atoms with Gasteiger partial charge in [-0.15, -0.1) is 0 Å². The molecular weight excluding hydrogens is 266 g/mol. The number of pyridine rings is 1. The maximum absolute atomic E-state index is 12.4. The summed E-state index contributed by atoms with van der Waals surface area (Å²) in [7, 11) is 0. The maximum Gasteiger partial charge on any atom is 0.255 e. The van der Waals surface area contributed by atoms with Gasteiger partial charge in [0.15, 0.2) is 0 Å². The van der Waals surface area contributed by atoms with Crippen LogP contribution >= 0.6 is 0 Å². The number of nitrogens with zero attached hydrogens (tertiary/aromatic N) is 3. The van der Waals surface area contributed by atoms with E-state index in [9.17, 15) is 4.79 Å². The molecule has 3 heterocycles. The van der Waals surface area contributed by atoms with Gasteiger partial charge >= 0.3 is 0 Å². The van der Waals surface area contributed by atoms with Crippen LogP contribution in [-0.4, -0.2) is 46.0 Å². The van der Waals surface area contributed by atoms with Gasteiger partial charge in [-0.1, -0.05) is 13.8 Å². The molecule has 0 saturated carbocycles. The van der Waals surface area contributed by atoms with Crippen molar-refractivity contribution in [3.05, 3.63) is 35.8 Å². The molecule has 5 nitrogen and oxygen atoms in total. The van der Waals surface area contributed by atoms with E-state index in [1.54, 1.807) is 6.20 Å². The van der Waals surface area contributed by atoms with Crippen LogP contribution in [0.3, 0.4) is 0 Å². The predicted molar refractivity (Wildman–Crippen MR) is 82.6 cm³/mol. The number of carbonyl (C=O) groups is 1. The molecule has 21 heavy (non-hydrogen) atoms. The van der Waals surface area contributed by atoms with Gasteiger partial charge in [-0.05, 0) is 25.5 Å². The summed E-state index contributed by atoms with van der Waals surface area (Å²) < 4.78 is 7.35. The van der Waals surface area contributed by atoms with E-state index in [1.165, 1.54) is 0 Å². The first kappa shape index (κ1) is 15.5. The number of aryl methyl sites for hydroxylation is 1. The topological polar surface area (TPSA) is 46.8 Å². The van der Waals surface area contributed by atoms with Crippen molar-refractivity contribution < 1.29 is 9.53 Å². The van der Waals surface area contributed by atoms with Gasteiger partial charge in [0.05, 0.1) is 11.7 Å². The Labute approximate surface area is 125 Å². The van der Waals surface area contributed by atoms with Crippen LogP contribution in [0, 0.1) is 6.92 Å². The van der Waals surface area contributed by atoms with E-state index < -0.39 is 0 Å². The smallest absolute Gasteiger partial charge is 0.255 e. The van der Waals surface area contributed by atoms with E-state index in [4.69, 9.17) is 4.74 Å². The zero-order valence-electron chi connectivity index (χ0n) is 13.2. The van der Waals surface area contributed by atoms with Crippen LogP contribution in [0.1, 0.15) is 36.7 Å². The van der Waals surface area contributed by atoms with E-state index in [2.05, 4.69) is 4.98 Å². The first-order valence-corrected chi connectivity index (χ1v) is 7.53. The van der Waals surface area contributed by atoms with Crippen molar-refractivity contribution in [3.8, 4) is 0 Å².